The topological polar surface area (TPSA) is 69.7 Å². The van der Waals surface area contributed by atoms with Gasteiger partial charge in [-0.1, -0.05) is 19.9 Å². The second-order valence-corrected chi connectivity index (χ2v) is 8.15. The van der Waals surface area contributed by atoms with Crippen LogP contribution in [0.5, 0.6) is 11.5 Å². The molecule has 0 saturated carbocycles. The highest BCUT2D eigenvalue weighted by atomic mass is 32.1. The van der Waals surface area contributed by atoms with Gasteiger partial charge in [-0.15, -0.1) is 11.3 Å². The van der Waals surface area contributed by atoms with Crippen molar-refractivity contribution in [3.63, 3.8) is 0 Å². The zero-order valence-electron chi connectivity index (χ0n) is 17.5. The molecule has 1 N–H and O–H groups in total. The van der Waals surface area contributed by atoms with Crippen molar-refractivity contribution in [1.29, 1.82) is 0 Å². The van der Waals surface area contributed by atoms with Gasteiger partial charge in [-0.2, -0.15) is 0 Å². The first kappa shape index (κ1) is 22.2. The molecule has 1 atom stereocenters. The molecule has 0 aliphatic rings. The maximum atomic E-state index is 12.7. The number of hydrogen-bond donors (Lipinski definition) is 1. The van der Waals surface area contributed by atoms with Crippen LogP contribution in [0.15, 0.2) is 18.2 Å². The number of aromatic nitrogens is 1. The number of methoxy groups -OCH3 is 2. The van der Waals surface area contributed by atoms with Crippen LogP contribution in [0.25, 0.3) is 0 Å². The van der Waals surface area contributed by atoms with E-state index in [0.717, 1.165) is 22.7 Å². The van der Waals surface area contributed by atoms with E-state index in [4.69, 9.17) is 14.2 Å². The zero-order valence-corrected chi connectivity index (χ0v) is 18.3. The maximum Gasteiger partial charge on any atom is 0.263 e. The number of amides is 1. The Labute approximate surface area is 171 Å². The first-order valence-corrected chi connectivity index (χ1v) is 10.2. The van der Waals surface area contributed by atoms with Crippen molar-refractivity contribution in [2.24, 2.45) is 5.92 Å². The molecule has 1 amide bonds. The summed E-state index contributed by atoms with van der Waals surface area (Å²) >= 11 is 1.47. The average Bonchev–Trinajstić information content (AvgIpc) is 3.01. The molecule has 0 fully saturated rings. The molecule has 2 aromatic rings. The quantitative estimate of drug-likeness (QED) is 0.600. The number of hydrogen-bond acceptors (Lipinski definition) is 6. The van der Waals surface area contributed by atoms with Gasteiger partial charge < -0.3 is 19.5 Å². The predicted octanol–water partition coefficient (Wildman–Crippen LogP) is 4.17. The highest BCUT2D eigenvalue weighted by molar-refractivity contribution is 7.13. The number of aryl methyl sites for hydroxylation is 1. The molecule has 1 aromatic carbocycles. The minimum atomic E-state index is -0.176. The zero-order chi connectivity index (χ0) is 20.7. The summed E-state index contributed by atoms with van der Waals surface area (Å²) in [5.74, 6) is 1.69. The van der Waals surface area contributed by atoms with Gasteiger partial charge in [0.25, 0.3) is 5.91 Å². The van der Waals surface area contributed by atoms with Crippen molar-refractivity contribution in [2.45, 2.75) is 40.2 Å². The normalized spacial score (nSPS) is 12.1. The number of thiazole rings is 1. The van der Waals surface area contributed by atoms with Gasteiger partial charge in [0.05, 0.1) is 30.5 Å². The van der Waals surface area contributed by atoms with Crippen molar-refractivity contribution in [3.05, 3.63) is 39.3 Å². The van der Waals surface area contributed by atoms with Crippen molar-refractivity contribution < 1.29 is 19.0 Å². The molecular formula is C21H30N2O4S. The third-order valence-corrected chi connectivity index (χ3v) is 5.39. The summed E-state index contributed by atoms with van der Waals surface area (Å²) in [6.07, 6.45) is 0.885. The van der Waals surface area contributed by atoms with Crippen LogP contribution in [0, 0.1) is 12.8 Å². The van der Waals surface area contributed by atoms with Crippen LogP contribution in [-0.2, 0) is 11.2 Å². The lowest BCUT2D eigenvalue weighted by atomic mass is 10.1. The van der Waals surface area contributed by atoms with Gasteiger partial charge in [0.1, 0.15) is 11.5 Å². The lowest BCUT2D eigenvalue weighted by Crippen LogP contribution is -2.26. The number of nitrogens with one attached hydrogen (secondary N) is 1. The van der Waals surface area contributed by atoms with Crippen LogP contribution in [-0.4, -0.2) is 38.3 Å². The molecule has 0 spiro atoms. The van der Waals surface area contributed by atoms with E-state index < -0.39 is 0 Å². The van der Waals surface area contributed by atoms with Crippen LogP contribution in [0.4, 0.5) is 0 Å². The van der Waals surface area contributed by atoms with Crippen LogP contribution in [0.2, 0.25) is 0 Å². The van der Waals surface area contributed by atoms with Gasteiger partial charge in [-0.05, 0) is 37.5 Å². The van der Waals surface area contributed by atoms with Crippen molar-refractivity contribution in [3.8, 4) is 11.5 Å². The molecule has 0 radical (unpaired) electrons. The molecular weight excluding hydrogens is 376 g/mol. The molecule has 1 heterocycles. The Hall–Kier alpha value is -2.12. The fourth-order valence-electron chi connectivity index (χ4n) is 2.75. The molecule has 0 aliphatic heterocycles. The van der Waals surface area contributed by atoms with Gasteiger partial charge in [-0.25, -0.2) is 4.98 Å². The van der Waals surface area contributed by atoms with Crippen LogP contribution in [0.3, 0.4) is 0 Å². The van der Waals surface area contributed by atoms with Crippen molar-refractivity contribution in [1.82, 2.24) is 10.3 Å². The van der Waals surface area contributed by atoms with E-state index in [1.54, 1.807) is 14.2 Å². The van der Waals surface area contributed by atoms with E-state index >= 15 is 0 Å². The molecule has 154 valence electrons. The van der Waals surface area contributed by atoms with Gasteiger partial charge in [0.2, 0.25) is 0 Å². The average molecular weight is 407 g/mol. The molecule has 6 nitrogen and oxygen atoms in total. The van der Waals surface area contributed by atoms with Crippen molar-refractivity contribution >= 4 is 17.2 Å². The summed E-state index contributed by atoms with van der Waals surface area (Å²) in [5, 5.41) is 4.06. The third-order valence-electron chi connectivity index (χ3n) is 4.21. The Morgan fingerprint density at radius 1 is 1.18 bits per heavy atom. The Bertz CT molecular complexity index is 789. The lowest BCUT2D eigenvalue weighted by molar-refractivity contribution is 0.0943. The van der Waals surface area contributed by atoms with E-state index in [2.05, 4.69) is 24.1 Å². The number of rotatable bonds is 10. The van der Waals surface area contributed by atoms with Crippen LogP contribution in [0.1, 0.15) is 52.7 Å². The van der Waals surface area contributed by atoms with E-state index in [1.165, 1.54) is 11.3 Å². The van der Waals surface area contributed by atoms with E-state index in [0.29, 0.717) is 35.5 Å². The predicted molar refractivity (Wildman–Crippen MR) is 112 cm³/mol. The fraction of sp³-hybridized carbons (Fsp3) is 0.524. The molecule has 0 aliphatic carbocycles. The Morgan fingerprint density at radius 2 is 1.93 bits per heavy atom. The molecule has 1 unspecified atom stereocenters. The highest BCUT2D eigenvalue weighted by Gasteiger charge is 2.19. The first-order chi connectivity index (χ1) is 13.3. The highest BCUT2D eigenvalue weighted by Crippen LogP contribution is 2.30. The van der Waals surface area contributed by atoms with Gasteiger partial charge in [0.15, 0.2) is 11.5 Å². The molecule has 2 rings (SSSR count). The van der Waals surface area contributed by atoms with Crippen LogP contribution >= 0.6 is 11.3 Å². The number of carbonyl (C=O) groups is 1. The van der Waals surface area contributed by atoms with E-state index in [9.17, 15) is 4.79 Å². The SMILES string of the molecule is COCCOc1ccc(C(C)NC(=O)c2sc(CC(C)C)nc2C)cc1OC. The summed E-state index contributed by atoms with van der Waals surface area (Å²) < 4.78 is 16.1. The summed E-state index contributed by atoms with van der Waals surface area (Å²) in [6.45, 7) is 9.08. The standard InChI is InChI=1S/C21H30N2O4S/c1-13(2)11-19-22-15(4)20(28-19)21(24)23-14(3)16-7-8-17(18(12-16)26-6)27-10-9-25-5/h7-8,12-14H,9-11H2,1-6H3,(H,23,24). The van der Waals surface area contributed by atoms with E-state index in [1.807, 2.05) is 32.0 Å². The number of benzene rings is 1. The first-order valence-electron chi connectivity index (χ1n) is 9.42. The Morgan fingerprint density at radius 3 is 2.57 bits per heavy atom. The largest absolute Gasteiger partial charge is 0.493 e. The Kier molecular flexibility index (Phi) is 8.26. The smallest absolute Gasteiger partial charge is 0.263 e. The fourth-order valence-corrected chi connectivity index (χ4v) is 3.93. The van der Waals surface area contributed by atoms with Crippen LogP contribution < -0.4 is 14.8 Å². The van der Waals surface area contributed by atoms with Crippen molar-refractivity contribution in [2.75, 3.05) is 27.4 Å². The van der Waals surface area contributed by atoms with Gasteiger partial charge in [-0.3, -0.25) is 4.79 Å². The second kappa shape index (κ2) is 10.4. The molecule has 1 aromatic heterocycles. The maximum absolute atomic E-state index is 12.7. The number of carbonyl (C=O) groups excluding carboxylic acids is 1. The van der Waals surface area contributed by atoms with Gasteiger partial charge in [0, 0.05) is 13.5 Å². The molecule has 7 heteroatoms. The number of nitrogens with zero attached hydrogens (tertiary/aromatic N) is 1. The summed E-state index contributed by atoms with van der Waals surface area (Å²) in [6, 6.07) is 5.49. The summed E-state index contributed by atoms with van der Waals surface area (Å²) in [5.41, 5.74) is 1.72. The minimum absolute atomic E-state index is 0.100. The summed E-state index contributed by atoms with van der Waals surface area (Å²) in [7, 11) is 3.23. The van der Waals surface area contributed by atoms with Gasteiger partial charge >= 0.3 is 0 Å². The molecule has 28 heavy (non-hydrogen) atoms. The monoisotopic (exact) mass is 406 g/mol. The lowest BCUT2D eigenvalue weighted by Gasteiger charge is -2.17. The molecule has 0 saturated heterocycles. The van der Waals surface area contributed by atoms with E-state index in [-0.39, 0.29) is 11.9 Å². The third kappa shape index (κ3) is 5.94. The number of ether oxygens (including phenoxy) is 3. The molecule has 0 bridgehead atoms. The second-order valence-electron chi connectivity index (χ2n) is 7.07. The summed E-state index contributed by atoms with van der Waals surface area (Å²) in [4.78, 5) is 17.9. The Balaban J connectivity index is 2.08. The minimum Gasteiger partial charge on any atom is -0.493 e.